The summed E-state index contributed by atoms with van der Waals surface area (Å²) in [5.41, 5.74) is 1.36. The fraction of sp³-hybridized carbons (Fsp3) is 0.300. The molecular formula is C20H19F2NO4. The Morgan fingerprint density at radius 1 is 0.926 bits per heavy atom. The summed E-state index contributed by atoms with van der Waals surface area (Å²) in [5, 5.41) is 11.9. The molecule has 0 aliphatic carbocycles. The Morgan fingerprint density at radius 3 is 2.04 bits per heavy atom. The van der Waals surface area contributed by atoms with Crippen molar-refractivity contribution in [2.45, 2.75) is 38.9 Å². The molecule has 0 amide bonds. The zero-order chi connectivity index (χ0) is 19.6. The SMILES string of the molecule is C[C@@H]1C/C(=N\O)c2cc(F)ccc2O1.C[C@@H]1CC(=O)c2cc(F)ccc2O1. The second kappa shape index (κ2) is 7.73. The number of nitrogens with zero attached hydrogens (tertiary/aromatic N) is 1. The van der Waals surface area contributed by atoms with Gasteiger partial charge in [-0.25, -0.2) is 8.78 Å². The van der Waals surface area contributed by atoms with Gasteiger partial charge in [0.05, 0.1) is 11.3 Å². The molecule has 0 spiro atoms. The van der Waals surface area contributed by atoms with Gasteiger partial charge in [0.25, 0.3) is 0 Å². The molecule has 2 aromatic carbocycles. The lowest BCUT2D eigenvalue weighted by Gasteiger charge is -2.23. The predicted molar refractivity (Wildman–Crippen MR) is 94.9 cm³/mol. The lowest BCUT2D eigenvalue weighted by Crippen LogP contribution is -2.24. The summed E-state index contributed by atoms with van der Waals surface area (Å²) in [5.74, 6) is 0.254. The number of ketones is 1. The maximum atomic E-state index is 12.9. The molecule has 2 atom stereocenters. The minimum absolute atomic E-state index is 0.0427. The van der Waals surface area contributed by atoms with Crippen LogP contribution in [0.25, 0.3) is 0 Å². The number of fused-ring (bicyclic) bond motifs is 2. The zero-order valence-corrected chi connectivity index (χ0v) is 14.9. The molecule has 2 aliphatic rings. The molecule has 0 aromatic heterocycles. The highest BCUT2D eigenvalue weighted by molar-refractivity contribution is 6.03. The second-order valence-electron chi connectivity index (χ2n) is 6.52. The Labute approximate surface area is 155 Å². The maximum Gasteiger partial charge on any atom is 0.170 e. The van der Waals surface area contributed by atoms with Crippen LogP contribution in [0.2, 0.25) is 0 Å². The summed E-state index contributed by atoms with van der Waals surface area (Å²) in [4.78, 5) is 11.4. The largest absolute Gasteiger partial charge is 0.490 e. The van der Waals surface area contributed by atoms with Crippen LogP contribution in [-0.4, -0.2) is 28.9 Å². The molecule has 142 valence electrons. The first-order valence-electron chi connectivity index (χ1n) is 8.54. The average molecular weight is 375 g/mol. The van der Waals surface area contributed by atoms with Crippen molar-refractivity contribution in [1.82, 2.24) is 0 Å². The molecule has 4 rings (SSSR count). The Balaban J connectivity index is 0.000000156. The Bertz CT molecular complexity index is 898. The molecule has 7 heteroatoms. The first kappa shape index (κ1) is 18.8. The Kier molecular flexibility index (Phi) is 5.39. The van der Waals surface area contributed by atoms with Gasteiger partial charge in [-0.3, -0.25) is 4.79 Å². The van der Waals surface area contributed by atoms with E-state index in [1.165, 1.54) is 30.3 Å². The average Bonchev–Trinajstić information content (AvgIpc) is 2.62. The van der Waals surface area contributed by atoms with Crippen LogP contribution in [0.3, 0.4) is 0 Å². The van der Waals surface area contributed by atoms with E-state index in [-0.39, 0.29) is 23.8 Å². The predicted octanol–water partition coefficient (Wildman–Crippen LogP) is 4.35. The van der Waals surface area contributed by atoms with Gasteiger partial charge < -0.3 is 14.7 Å². The Morgan fingerprint density at radius 2 is 1.44 bits per heavy atom. The van der Waals surface area contributed by atoms with E-state index >= 15 is 0 Å². The molecule has 0 radical (unpaired) electrons. The van der Waals surface area contributed by atoms with Crippen LogP contribution in [0.4, 0.5) is 8.78 Å². The molecule has 27 heavy (non-hydrogen) atoms. The van der Waals surface area contributed by atoms with Gasteiger partial charge in [0, 0.05) is 18.4 Å². The number of Topliss-reactive ketones (excluding diaryl/α,β-unsaturated/α-hetero) is 1. The van der Waals surface area contributed by atoms with Gasteiger partial charge in [-0.2, -0.15) is 0 Å². The number of halogens is 2. The van der Waals surface area contributed by atoms with Crippen LogP contribution in [-0.2, 0) is 0 Å². The summed E-state index contributed by atoms with van der Waals surface area (Å²) in [6.07, 6.45) is 0.674. The number of carbonyl (C=O) groups is 1. The summed E-state index contributed by atoms with van der Waals surface area (Å²) in [6.45, 7) is 3.70. The fourth-order valence-electron chi connectivity index (χ4n) is 3.02. The van der Waals surface area contributed by atoms with E-state index in [0.29, 0.717) is 41.2 Å². The minimum atomic E-state index is -0.398. The third-order valence-corrected chi connectivity index (χ3v) is 4.23. The van der Waals surface area contributed by atoms with Crippen molar-refractivity contribution in [3.63, 3.8) is 0 Å². The van der Waals surface area contributed by atoms with Crippen molar-refractivity contribution in [3.8, 4) is 11.5 Å². The normalized spacial score (nSPS) is 21.9. The number of benzene rings is 2. The molecule has 2 aromatic rings. The number of hydrogen-bond acceptors (Lipinski definition) is 5. The summed E-state index contributed by atoms with van der Waals surface area (Å²) < 4.78 is 36.5. The number of hydrogen-bond donors (Lipinski definition) is 1. The number of rotatable bonds is 0. The molecule has 2 aliphatic heterocycles. The van der Waals surface area contributed by atoms with Crippen LogP contribution in [0.1, 0.15) is 42.6 Å². The van der Waals surface area contributed by atoms with E-state index in [2.05, 4.69) is 5.16 Å². The summed E-state index contributed by atoms with van der Waals surface area (Å²) in [6, 6.07) is 8.21. The van der Waals surface area contributed by atoms with Gasteiger partial charge in [-0.05, 0) is 50.2 Å². The molecule has 0 saturated heterocycles. The van der Waals surface area contributed by atoms with Gasteiger partial charge in [-0.1, -0.05) is 5.16 Å². The van der Waals surface area contributed by atoms with Crippen molar-refractivity contribution in [1.29, 1.82) is 0 Å². The molecular weight excluding hydrogens is 356 g/mol. The van der Waals surface area contributed by atoms with Crippen LogP contribution < -0.4 is 9.47 Å². The van der Waals surface area contributed by atoms with Gasteiger partial charge in [0.1, 0.15) is 35.3 Å². The number of oxime groups is 1. The highest BCUT2D eigenvalue weighted by Crippen LogP contribution is 2.29. The van der Waals surface area contributed by atoms with E-state index in [9.17, 15) is 13.6 Å². The third-order valence-electron chi connectivity index (χ3n) is 4.23. The van der Waals surface area contributed by atoms with Gasteiger partial charge in [0.2, 0.25) is 0 Å². The molecule has 0 saturated carbocycles. The van der Waals surface area contributed by atoms with E-state index in [4.69, 9.17) is 14.7 Å². The topological polar surface area (TPSA) is 68.1 Å². The molecule has 2 heterocycles. The van der Waals surface area contributed by atoms with Gasteiger partial charge >= 0.3 is 0 Å². The summed E-state index contributed by atoms with van der Waals surface area (Å²) >= 11 is 0. The summed E-state index contributed by atoms with van der Waals surface area (Å²) in [7, 11) is 0. The minimum Gasteiger partial charge on any atom is -0.490 e. The maximum absolute atomic E-state index is 12.9. The highest BCUT2D eigenvalue weighted by Gasteiger charge is 2.24. The first-order valence-corrected chi connectivity index (χ1v) is 8.54. The lowest BCUT2D eigenvalue weighted by molar-refractivity contribution is 0.0870. The van der Waals surface area contributed by atoms with E-state index in [1.807, 2.05) is 13.8 Å². The van der Waals surface area contributed by atoms with E-state index in [0.717, 1.165) is 0 Å². The van der Waals surface area contributed by atoms with Crippen molar-refractivity contribution in [3.05, 3.63) is 59.2 Å². The van der Waals surface area contributed by atoms with Crippen LogP contribution in [0, 0.1) is 11.6 Å². The van der Waals surface area contributed by atoms with Crippen molar-refractivity contribution < 1.29 is 28.3 Å². The van der Waals surface area contributed by atoms with Crippen molar-refractivity contribution in [2.24, 2.45) is 5.16 Å². The Hall–Kier alpha value is -2.96. The molecule has 5 nitrogen and oxygen atoms in total. The van der Waals surface area contributed by atoms with Crippen molar-refractivity contribution in [2.75, 3.05) is 0 Å². The molecule has 0 unspecified atom stereocenters. The van der Waals surface area contributed by atoms with Gasteiger partial charge in [0.15, 0.2) is 5.78 Å². The molecule has 0 fully saturated rings. The zero-order valence-electron chi connectivity index (χ0n) is 14.9. The quantitative estimate of drug-likeness (QED) is 0.549. The fourth-order valence-corrected chi connectivity index (χ4v) is 3.02. The monoisotopic (exact) mass is 375 g/mol. The third kappa shape index (κ3) is 4.24. The van der Waals surface area contributed by atoms with Crippen LogP contribution in [0.15, 0.2) is 41.6 Å². The van der Waals surface area contributed by atoms with E-state index in [1.54, 1.807) is 6.07 Å². The number of carbonyl (C=O) groups excluding carboxylic acids is 1. The van der Waals surface area contributed by atoms with Gasteiger partial charge in [-0.15, -0.1) is 0 Å². The first-order chi connectivity index (χ1) is 12.9. The van der Waals surface area contributed by atoms with Crippen LogP contribution >= 0.6 is 0 Å². The lowest BCUT2D eigenvalue weighted by atomic mass is 10.0. The molecule has 0 bridgehead atoms. The molecule has 1 N–H and O–H groups in total. The highest BCUT2D eigenvalue weighted by atomic mass is 19.1. The second-order valence-corrected chi connectivity index (χ2v) is 6.52. The van der Waals surface area contributed by atoms with Crippen LogP contribution in [0.5, 0.6) is 11.5 Å². The van der Waals surface area contributed by atoms with E-state index < -0.39 is 5.82 Å². The number of ether oxygens (including phenoxy) is 2. The smallest absolute Gasteiger partial charge is 0.170 e. The van der Waals surface area contributed by atoms with Crippen molar-refractivity contribution >= 4 is 11.5 Å². The standard InChI is InChI=1S/C10H10FNO2.C10H9FO2/c1-6-4-9(12-13)8-5-7(11)2-3-10(8)14-6;1-6-4-9(12)8-5-7(11)2-3-10(8)13-6/h2-3,5-6,13H,4H2,1H3;2-3,5-6H,4H2,1H3/b12-9+;/t2*6-/m11/s1.